The highest BCUT2D eigenvalue weighted by Crippen LogP contribution is 2.10. The molecule has 2 saturated heterocycles. The molecule has 0 aromatic carbocycles. The Balaban J connectivity index is 1.48. The number of aliphatic imine (C=N–C) groups is 1. The monoisotopic (exact) mass is 393 g/mol. The number of guanidine groups is 1. The van der Waals surface area contributed by atoms with Gasteiger partial charge in [-0.25, -0.2) is 0 Å². The van der Waals surface area contributed by atoms with Gasteiger partial charge in [0, 0.05) is 58.8 Å². The maximum absolute atomic E-state index is 9.81. The lowest BCUT2D eigenvalue weighted by Gasteiger charge is -2.32. The van der Waals surface area contributed by atoms with Crippen LogP contribution < -0.4 is 5.32 Å². The summed E-state index contributed by atoms with van der Waals surface area (Å²) in [6.45, 7) is 11.0. The van der Waals surface area contributed by atoms with Crippen LogP contribution in [0.15, 0.2) is 11.3 Å². The number of morpholine rings is 1. The minimum atomic E-state index is -0.178. The topological polar surface area (TPSA) is 91.0 Å². The second-order valence-electron chi connectivity index (χ2n) is 7.45. The molecule has 0 spiro atoms. The number of aryl methyl sites for hydroxylation is 1. The quantitative estimate of drug-likeness (QED) is 0.364. The van der Waals surface area contributed by atoms with Gasteiger partial charge in [0.25, 0.3) is 0 Å². The Morgan fingerprint density at radius 3 is 2.79 bits per heavy atom. The van der Waals surface area contributed by atoms with Crippen molar-refractivity contribution < 1.29 is 9.84 Å². The SMILES string of the molecule is CCc1nncn1CCNC(=NCCCN1CCOCC1)N1CCC(O)CC1. The molecule has 0 amide bonds. The van der Waals surface area contributed by atoms with Crippen LogP contribution in [0.4, 0.5) is 0 Å². The summed E-state index contributed by atoms with van der Waals surface area (Å²) in [7, 11) is 0. The Kier molecular flexibility index (Phi) is 8.50. The fourth-order valence-corrected chi connectivity index (χ4v) is 3.68. The van der Waals surface area contributed by atoms with E-state index in [0.717, 1.165) is 103 Å². The number of likely N-dealkylation sites (tertiary alicyclic amines) is 1. The zero-order valence-electron chi connectivity index (χ0n) is 17.1. The van der Waals surface area contributed by atoms with Crippen molar-refractivity contribution >= 4 is 5.96 Å². The number of aliphatic hydroxyl groups excluding tert-OH is 1. The number of ether oxygens (including phenoxy) is 1. The maximum Gasteiger partial charge on any atom is 0.193 e. The van der Waals surface area contributed by atoms with Gasteiger partial charge in [-0.2, -0.15) is 0 Å². The van der Waals surface area contributed by atoms with Crippen molar-refractivity contribution in [2.45, 2.75) is 45.3 Å². The van der Waals surface area contributed by atoms with Crippen molar-refractivity contribution in [2.24, 2.45) is 4.99 Å². The third kappa shape index (κ3) is 6.42. The summed E-state index contributed by atoms with van der Waals surface area (Å²) in [5.74, 6) is 1.96. The lowest BCUT2D eigenvalue weighted by Crippen LogP contribution is -2.47. The van der Waals surface area contributed by atoms with Crippen LogP contribution in [0.2, 0.25) is 0 Å². The molecule has 2 N–H and O–H groups in total. The third-order valence-corrected chi connectivity index (χ3v) is 5.41. The third-order valence-electron chi connectivity index (χ3n) is 5.41. The molecule has 28 heavy (non-hydrogen) atoms. The normalized spacial score (nSPS) is 19.9. The first-order valence-corrected chi connectivity index (χ1v) is 10.6. The molecular formula is C19H35N7O2. The second kappa shape index (κ2) is 11.3. The predicted molar refractivity (Wildman–Crippen MR) is 108 cm³/mol. The van der Waals surface area contributed by atoms with E-state index in [1.165, 1.54) is 0 Å². The fourth-order valence-electron chi connectivity index (χ4n) is 3.68. The van der Waals surface area contributed by atoms with Gasteiger partial charge in [-0.15, -0.1) is 10.2 Å². The summed E-state index contributed by atoms with van der Waals surface area (Å²) in [6, 6.07) is 0. The summed E-state index contributed by atoms with van der Waals surface area (Å²) in [6.07, 6.45) is 5.15. The van der Waals surface area contributed by atoms with Crippen LogP contribution in [0, 0.1) is 0 Å². The van der Waals surface area contributed by atoms with Gasteiger partial charge >= 0.3 is 0 Å². The van der Waals surface area contributed by atoms with E-state index in [0.29, 0.717) is 0 Å². The first-order valence-electron chi connectivity index (χ1n) is 10.6. The van der Waals surface area contributed by atoms with Gasteiger partial charge in [0.1, 0.15) is 12.2 Å². The smallest absolute Gasteiger partial charge is 0.193 e. The van der Waals surface area contributed by atoms with Crippen LogP contribution in [0.5, 0.6) is 0 Å². The van der Waals surface area contributed by atoms with E-state index in [4.69, 9.17) is 9.73 Å². The number of nitrogens with zero attached hydrogens (tertiary/aromatic N) is 6. The van der Waals surface area contributed by atoms with Crippen LogP contribution in [0.1, 0.15) is 32.0 Å². The minimum absolute atomic E-state index is 0.178. The molecule has 3 rings (SSSR count). The zero-order chi connectivity index (χ0) is 19.6. The number of rotatable bonds is 8. The lowest BCUT2D eigenvalue weighted by atomic mass is 10.1. The van der Waals surface area contributed by atoms with E-state index < -0.39 is 0 Å². The number of hydrogen-bond donors (Lipinski definition) is 2. The Labute approximate surface area is 167 Å². The summed E-state index contributed by atoms with van der Waals surface area (Å²) >= 11 is 0. The van der Waals surface area contributed by atoms with E-state index in [-0.39, 0.29) is 6.10 Å². The lowest BCUT2D eigenvalue weighted by molar-refractivity contribution is 0.0377. The second-order valence-corrected chi connectivity index (χ2v) is 7.45. The molecule has 0 atom stereocenters. The van der Waals surface area contributed by atoms with Crippen LogP contribution in [0.3, 0.4) is 0 Å². The van der Waals surface area contributed by atoms with Crippen LogP contribution in [0.25, 0.3) is 0 Å². The van der Waals surface area contributed by atoms with Crippen LogP contribution in [-0.2, 0) is 17.7 Å². The van der Waals surface area contributed by atoms with Crippen molar-refractivity contribution in [2.75, 3.05) is 59.0 Å². The average Bonchev–Trinajstić information content (AvgIpc) is 3.19. The van der Waals surface area contributed by atoms with Gasteiger partial charge < -0.3 is 24.6 Å². The van der Waals surface area contributed by atoms with E-state index >= 15 is 0 Å². The molecule has 2 aliphatic rings. The predicted octanol–water partition coefficient (Wildman–Crippen LogP) is -0.0349. The van der Waals surface area contributed by atoms with E-state index in [1.54, 1.807) is 6.33 Å². The number of hydrogen-bond acceptors (Lipinski definition) is 6. The molecule has 158 valence electrons. The van der Waals surface area contributed by atoms with Gasteiger partial charge in [0.05, 0.1) is 19.3 Å². The number of nitrogens with one attached hydrogen (secondary N) is 1. The molecular weight excluding hydrogens is 358 g/mol. The molecule has 3 heterocycles. The van der Waals surface area contributed by atoms with Crippen molar-refractivity contribution in [3.8, 4) is 0 Å². The number of piperidine rings is 1. The minimum Gasteiger partial charge on any atom is -0.393 e. The first kappa shape index (κ1) is 21.0. The summed E-state index contributed by atoms with van der Waals surface area (Å²) in [5, 5.41) is 21.5. The Morgan fingerprint density at radius 1 is 1.25 bits per heavy atom. The van der Waals surface area contributed by atoms with E-state index in [1.807, 2.05) is 0 Å². The van der Waals surface area contributed by atoms with Crippen molar-refractivity contribution in [1.29, 1.82) is 0 Å². The van der Waals surface area contributed by atoms with Crippen LogP contribution >= 0.6 is 0 Å². The molecule has 2 fully saturated rings. The Bertz CT molecular complexity index is 593. The van der Waals surface area contributed by atoms with Crippen LogP contribution in [-0.4, -0.2) is 101 Å². The molecule has 0 bridgehead atoms. The average molecular weight is 394 g/mol. The number of aliphatic hydroxyl groups is 1. The molecule has 9 nitrogen and oxygen atoms in total. The van der Waals surface area contributed by atoms with E-state index in [9.17, 15) is 5.11 Å². The Morgan fingerprint density at radius 2 is 2.04 bits per heavy atom. The molecule has 1 aromatic heterocycles. The van der Waals surface area contributed by atoms with Gasteiger partial charge in [-0.3, -0.25) is 9.89 Å². The highest BCUT2D eigenvalue weighted by Gasteiger charge is 2.20. The molecule has 0 radical (unpaired) electrons. The van der Waals surface area contributed by atoms with Crippen molar-refractivity contribution in [1.82, 2.24) is 29.9 Å². The molecule has 1 aromatic rings. The summed E-state index contributed by atoms with van der Waals surface area (Å²) in [5.41, 5.74) is 0. The summed E-state index contributed by atoms with van der Waals surface area (Å²) in [4.78, 5) is 9.59. The molecule has 2 aliphatic heterocycles. The molecule has 0 saturated carbocycles. The first-order chi connectivity index (χ1) is 13.8. The van der Waals surface area contributed by atoms with Gasteiger partial charge in [-0.1, -0.05) is 6.92 Å². The maximum atomic E-state index is 9.81. The highest BCUT2D eigenvalue weighted by molar-refractivity contribution is 5.80. The largest absolute Gasteiger partial charge is 0.393 e. The van der Waals surface area contributed by atoms with Crippen molar-refractivity contribution in [3.05, 3.63) is 12.2 Å². The standard InChI is InChI=1S/C19H35N7O2/c1-2-18-23-22-16-26(18)11-7-21-19(25-9-4-17(27)5-10-25)20-6-3-8-24-12-14-28-15-13-24/h16-17,27H,2-15H2,1H3,(H,20,21). The zero-order valence-corrected chi connectivity index (χ0v) is 17.1. The van der Waals surface area contributed by atoms with E-state index in [2.05, 4.69) is 36.8 Å². The van der Waals surface area contributed by atoms with Gasteiger partial charge in [0.2, 0.25) is 0 Å². The molecule has 0 aliphatic carbocycles. The highest BCUT2D eigenvalue weighted by atomic mass is 16.5. The van der Waals surface area contributed by atoms with Gasteiger partial charge in [0.15, 0.2) is 5.96 Å². The summed E-state index contributed by atoms with van der Waals surface area (Å²) < 4.78 is 7.49. The van der Waals surface area contributed by atoms with Crippen molar-refractivity contribution in [3.63, 3.8) is 0 Å². The molecule has 9 heteroatoms. The number of aromatic nitrogens is 3. The fraction of sp³-hybridized carbons (Fsp3) is 0.842. The molecule has 0 unspecified atom stereocenters. The Hall–Kier alpha value is -1.71. The van der Waals surface area contributed by atoms with Gasteiger partial charge in [-0.05, 0) is 19.3 Å².